The lowest BCUT2D eigenvalue weighted by atomic mass is 9.94. The third kappa shape index (κ3) is 5.10. The van der Waals surface area contributed by atoms with Gasteiger partial charge in [0.1, 0.15) is 5.75 Å². The van der Waals surface area contributed by atoms with Crippen molar-refractivity contribution < 1.29 is 38.0 Å². The number of hydrogen-bond acceptors (Lipinski definition) is 7. The third-order valence-corrected chi connectivity index (χ3v) is 6.45. The van der Waals surface area contributed by atoms with Crippen molar-refractivity contribution in [3.05, 3.63) is 35.6 Å². The van der Waals surface area contributed by atoms with Crippen LogP contribution in [0, 0.1) is 5.82 Å². The van der Waals surface area contributed by atoms with Crippen LogP contribution in [0.15, 0.2) is 24.3 Å². The molecule has 0 bridgehead atoms. The molecule has 184 valence electrons. The summed E-state index contributed by atoms with van der Waals surface area (Å²) in [7, 11) is 2.79. The maximum Gasteiger partial charge on any atom is 0.348 e. The number of aliphatic carboxylic acids is 1. The summed E-state index contributed by atoms with van der Waals surface area (Å²) in [6, 6.07) is 6.58. The fourth-order valence-corrected chi connectivity index (χ4v) is 4.48. The molecular weight excluding hydrogens is 445 g/mol. The van der Waals surface area contributed by atoms with Crippen LogP contribution < -0.4 is 14.2 Å². The van der Waals surface area contributed by atoms with E-state index in [9.17, 15) is 9.90 Å². The van der Waals surface area contributed by atoms with E-state index in [1.54, 1.807) is 18.2 Å². The van der Waals surface area contributed by atoms with Gasteiger partial charge in [-0.2, -0.15) is 4.98 Å². The number of ether oxygens (including phenoxy) is 5. The number of methoxy groups -OCH3 is 2. The Kier molecular flexibility index (Phi) is 7.53. The van der Waals surface area contributed by atoms with E-state index in [-0.39, 0.29) is 42.9 Å². The molecule has 1 aromatic carbocycles. The van der Waals surface area contributed by atoms with Crippen LogP contribution in [-0.2, 0) is 20.9 Å². The van der Waals surface area contributed by atoms with Crippen LogP contribution in [0.25, 0.3) is 11.1 Å². The largest absolute Gasteiger partial charge is 0.481 e. The van der Waals surface area contributed by atoms with Crippen LogP contribution in [0.4, 0.5) is 4.39 Å². The van der Waals surface area contributed by atoms with Crippen molar-refractivity contribution in [1.29, 1.82) is 0 Å². The second-order valence-corrected chi connectivity index (χ2v) is 8.59. The molecule has 0 unspecified atom stereocenters. The summed E-state index contributed by atoms with van der Waals surface area (Å²) in [6.45, 7) is 0.848. The van der Waals surface area contributed by atoms with E-state index in [2.05, 4.69) is 4.98 Å². The molecule has 1 saturated carbocycles. The fraction of sp³-hybridized carbons (Fsp3) is 0.520. The average Bonchev–Trinajstić information content (AvgIpc) is 3.37. The second-order valence-electron chi connectivity index (χ2n) is 8.59. The number of rotatable bonds is 9. The van der Waals surface area contributed by atoms with Gasteiger partial charge in [0, 0.05) is 24.5 Å². The lowest BCUT2D eigenvalue weighted by Crippen LogP contribution is -2.49. The summed E-state index contributed by atoms with van der Waals surface area (Å²) < 4.78 is 43.1. The molecule has 9 heteroatoms. The minimum atomic E-state index is -1.36. The van der Waals surface area contributed by atoms with E-state index >= 15 is 4.39 Å². The molecule has 1 aromatic heterocycles. The van der Waals surface area contributed by atoms with E-state index in [1.165, 1.54) is 20.3 Å². The number of benzene rings is 1. The van der Waals surface area contributed by atoms with Gasteiger partial charge in [-0.15, -0.1) is 0 Å². The van der Waals surface area contributed by atoms with E-state index in [0.29, 0.717) is 30.1 Å². The summed E-state index contributed by atoms with van der Waals surface area (Å²) in [5, 5.41) is 9.86. The summed E-state index contributed by atoms with van der Waals surface area (Å²) in [6.07, 6.45) is 4.84. The molecule has 1 aliphatic carbocycles. The van der Waals surface area contributed by atoms with Crippen LogP contribution in [0.1, 0.15) is 44.1 Å². The van der Waals surface area contributed by atoms with Crippen molar-refractivity contribution in [2.45, 2.75) is 56.8 Å². The summed E-state index contributed by atoms with van der Waals surface area (Å²) >= 11 is 0. The number of nitrogens with zero attached hydrogens (tertiary/aromatic N) is 1. The van der Waals surface area contributed by atoms with Gasteiger partial charge in [-0.25, -0.2) is 9.18 Å². The standard InChI is InChI=1S/C25H30FNO7/c1-30-21-14-20(22(26)23(27-21)31-2)19-8-7-18(13-16(19)15-33-17-5-3-4-6-17)34-25(24(28)29)9-11-32-12-10-25/h7-8,13-14,17H,3-6,9-12,15H2,1-2H3,(H,28,29). The number of pyridine rings is 1. The number of carboxylic acids is 1. The molecular formula is C25H30FNO7. The Bertz CT molecular complexity index is 1020. The first-order valence-corrected chi connectivity index (χ1v) is 11.5. The van der Waals surface area contributed by atoms with Gasteiger partial charge in [-0.05, 0) is 36.1 Å². The first-order chi connectivity index (χ1) is 16.5. The van der Waals surface area contributed by atoms with Gasteiger partial charge in [-0.3, -0.25) is 0 Å². The molecule has 0 radical (unpaired) electrons. The number of aromatic nitrogens is 1. The van der Waals surface area contributed by atoms with Crippen molar-refractivity contribution in [1.82, 2.24) is 4.98 Å². The van der Waals surface area contributed by atoms with Crippen LogP contribution in [0.3, 0.4) is 0 Å². The second kappa shape index (κ2) is 10.6. The lowest BCUT2D eigenvalue weighted by molar-refractivity contribution is -0.163. The lowest BCUT2D eigenvalue weighted by Gasteiger charge is -2.33. The number of hydrogen-bond donors (Lipinski definition) is 1. The van der Waals surface area contributed by atoms with E-state index in [1.807, 2.05) is 0 Å². The van der Waals surface area contributed by atoms with Crippen molar-refractivity contribution in [2.24, 2.45) is 0 Å². The SMILES string of the molecule is COc1cc(-c2ccc(OC3(C(=O)O)CCOCC3)cc2COC2CCCC2)c(F)c(OC)n1. The zero-order chi connectivity index (χ0) is 24.1. The first kappa shape index (κ1) is 24.2. The first-order valence-electron chi connectivity index (χ1n) is 11.5. The maximum atomic E-state index is 15.2. The number of halogens is 1. The molecule has 1 N–H and O–H groups in total. The van der Waals surface area contributed by atoms with Crippen molar-refractivity contribution in [3.63, 3.8) is 0 Å². The molecule has 0 atom stereocenters. The van der Waals surface area contributed by atoms with Crippen molar-refractivity contribution in [2.75, 3.05) is 27.4 Å². The van der Waals surface area contributed by atoms with Crippen LogP contribution in [0.5, 0.6) is 17.5 Å². The molecule has 2 aliphatic rings. The Hall–Kier alpha value is -2.91. The zero-order valence-electron chi connectivity index (χ0n) is 19.5. The molecule has 34 heavy (non-hydrogen) atoms. The van der Waals surface area contributed by atoms with Gasteiger partial charge < -0.3 is 28.8 Å². The third-order valence-electron chi connectivity index (χ3n) is 6.45. The molecule has 2 heterocycles. The van der Waals surface area contributed by atoms with Crippen LogP contribution in [0.2, 0.25) is 0 Å². The van der Waals surface area contributed by atoms with Gasteiger partial charge in [0.05, 0.1) is 40.1 Å². The quantitative estimate of drug-likeness (QED) is 0.571. The van der Waals surface area contributed by atoms with Gasteiger partial charge >= 0.3 is 5.97 Å². The number of carboxylic acid groups (broad SMARTS) is 1. The predicted molar refractivity (Wildman–Crippen MR) is 121 cm³/mol. The van der Waals surface area contributed by atoms with Gasteiger partial charge in [0.15, 0.2) is 5.82 Å². The van der Waals surface area contributed by atoms with Gasteiger partial charge in [-0.1, -0.05) is 18.9 Å². The Balaban J connectivity index is 1.72. The highest BCUT2D eigenvalue weighted by atomic mass is 19.1. The Morgan fingerprint density at radius 2 is 1.88 bits per heavy atom. The van der Waals surface area contributed by atoms with E-state index < -0.39 is 17.4 Å². The molecule has 0 spiro atoms. The predicted octanol–water partition coefficient (Wildman–Crippen LogP) is 4.38. The summed E-state index contributed by atoms with van der Waals surface area (Å²) in [5.74, 6) is -1.23. The summed E-state index contributed by atoms with van der Waals surface area (Å²) in [5.41, 5.74) is 0.126. The fourth-order valence-electron chi connectivity index (χ4n) is 4.48. The molecule has 1 aliphatic heterocycles. The van der Waals surface area contributed by atoms with Crippen molar-refractivity contribution in [3.8, 4) is 28.6 Å². The highest BCUT2D eigenvalue weighted by Gasteiger charge is 2.43. The summed E-state index contributed by atoms with van der Waals surface area (Å²) in [4.78, 5) is 16.1. The monoisotopic (exact) mass is 475 g/mol. The van der Waals surface area contributed by atoms with Crippen LogP contribution in [-0.4, -0.2) is 55.2 Å². The topological polar surface area (TPSA) is 96.3 Å². The molecule has 1 saturated heterocycles. The zero-order valence-corrected chi connectivity index (χ0v) is 19.5. The van der Waals surface area contributed by atoms with E-state index in [4.69, 9.17) is 23.7 Å². The number of carbonyl (C=O) groups is 1. The Morgan fingerprint density at radius 3 is 2.53 bits per heavy atom. The molecule has 0 amide bonds. The average molecular weight is 476 g/mol. The highest BCUT2D eigenvalue weighted by molar-refractivity contribution is 5.78. The Morgan fingerprint density at radius 1 is 1.15 bits per heavy atom. The minimum absolute atomic E-state index is 0.143. The molecule has 4 rings (SSSR count). The molecule has 2 fully saturated rings. The minimum Gasteiger partial charge on any atom is -0.481 e. The van der Waals surface area contributed by atoms with Gasteiger partial charge in [0.2, 0.25) is 11.5 Å². The van der Waals surface area contributed by atoms with Crippen LogP contribution >= 0.6 is 0 Å². The normalized spacial score (nSPS) is 18.0. The van der Waals surface area contributed by atoms with E-state index in [0.717, 1.165) is 25.7 Å². The highest BCUT2D eigenvalue weighted by Crippen LogP contribution is 2.37. The maximum absolute atomic E-state index is 15.2. The smallest absolute Gasteiger partial charge is 0.348 e. The van der Waals surface area contributed by atoms with Gasteiger partial charge in [0.25, 0.3) is 5.88 Å². The molecule has 2 aromatic rings. The van der Waals surface area contributed by atoms with Crippen molar-refractivity contribution >= 4 is 5.97 Å². The Labute approximate surface area is 197 Å². The molecule has 8 nitrogen and oxygen atoms in total.